The van der Waals surface area contributed by atoms with Crippen molar-refractivity contribution in [3.63, 3.8) is 0 Å². The van der Waals surface area contributed by atoms with Crippen LogP contribution >= 0.6 is 0 Å². The minimum absolute atomic E-state index is 0.558. The molecule has 15 heavy (non-hydrogen) atoms. The van der Waals surface area contributed by atoms with Gasteiger partial charge in [-0.25, -0.2) is 9.59 Å². The first-order chi connectivity index (χ1) is 7.02. The maximum atomic E-state index is 9.55. The van der Waals surface area contributed by atoms with Crippen LogP contribution in [0.5, 0.6) is 0 Å². The molecule has 0 unspecified atom stereocenters. The maximum Gasteiger partial charge on any atom is 0.328 e. The number of carboxylic acids is 2. The van der Waals surface area contributed by atoms with Crippen LogP contribution in [0.25, 0.3) is 0 Å². The number of hydrogen-bond donors (Lipinski definition) is 2. The van der Waals surface area contributed by atoms with E-state index in [1.807, 2.05) is 0 Å². The first-order valence-electron chi connectivity index (χ1n) is 4.82. The molecule has 84 valence electrons. The van der Waals surface area contributed by atoms with Crippen LogP contribution in [0.1, 0.15) is 32.6 Å². The Balaban J connectivity index is 0.000000262. The van der Waals surface area contributed by atoms with E-state index in [0.29, 0.717) is 12.2 Å². The van der Waals surface area contributed by atoms with Crippen LogP contribution in [0.2, 0.25) is 0 Å². The lowest BCUT2D eigenvalue weighted by molar-refractivity contribution is -0.134. The number of hydrogen-bond acceptors (Lipinski definition) is 2. The molecule has 1 aliphatic carbocycles. The number of aliphatic carboxylic acids is 2. The second-order valence-corrected chi connectivity index (χ2v) is 3.31. The summed E-state index contributed by atoms with van der Waals surface area (Å²) in [5.41, 5.74) is 1.59. The van der Waals surface area contributed by atoms with Crippen molar-refractivity contribution >= 4 is 11.9 Å². The zero-order chi connectivity index (χ0) is 11.7. The van der Waals surface area contributed by atoms with Gasteiger partial charge >= 0.3 is 11.9 Å². The van der Waals surface area contributed by atoms with Gasteiger partial charge < -0.3 is 10.2 Å². The van der Waals surface area contributed by atoms with Gasteiger partial charge in [0.2, 0.25) is 0 Å². The molecule has 0 spiro atoms. The molecule has 0 aromatic heterocycles. The van der Waals surface area contributed by atoms with Gasteiger partial charge in [0.15, 0.2) is 0 Å². The monoisotopic (exact) mass is 212 g/mol. The third-order valence-corrected chi connectivity index (χ3v) is 1.89. The predicted octanol–water partition coefficient (Wildman–Crippen LogP) is 2.22. The highest BCUT2D eigenvalue weighted by atomic mass is 16.4. The average Bonchev–Trinajstić information content (AvgIpc) is 2.17. The summed E-state index contributed by atoms with van der Waals surface area (Å²) in [7, 11) is 0. The van der Waals surface area contributed by atoms with Gasteiger partial charge in [-0.3, -0.25) is 0 Å². The fraction of sp³-hybridized carbons (Fsp3) is 0.455. The predicted molar refractivity (Wildman–Crippen MR) is 56.6 cm³/mol. The summed E-state index contributed by atoms with van der Waals surface area (Å²) in [6, 6.07) is 0. The van der Waals surface area contributed by atoms with E-state index in [-0.39, 0.29) is 0 Å². The lowest BCUT2D eigenvalue weighted by Crippen LogP contribution is -1.91. The maximum absolute atomic E-state index is 9.55. The molecule has 2 N–H and O–H groups in total. The first-order valence-corrected chi connectivity index (χ1v) is 4.82. The smallest absolute Gasteiger partial charge is 0.328 e. The Bertz CT molecular complexity index is 260. The van der Waals surface area contributed by atoms with E-state index in [2.05, 4.69) is 13.0 Å². The Morgan fingerprint density at radius 2 is 1.73 bits per heavy atom. The van der Waals surface area contributed by atoms with Crippen molar-refractivity contribution in [2.45, 2.75) is 32.6 Å². The fourth-order valence-corrected chi connectivity index (χ4v) is 1.14. The van der Waals surface area contributed by atoms with Gasteiger partial charge in [0, 0.05) is 12.2 Å². The molecule has 4 heteroatoms. The van der Waals surface area contributed by atoms with E-state index in [4.69, 9.17) is 10.2 Å². The Morgan fingerprint density at radius 3 is 1.93 bits per heavy atom. The highest BCUT2D eigenvalue weighted by molar-refractivity contribution is 5.89. The van der Waals surface area contributed by atoms with E-state index in [1.54, 1.807) is 5.57 Å². The number of rotatable bonds is 2. The van der Waals surface area contributed by atoms with Crippen molar-refractivity contribution in [3.05, 3.63) is 23.8 Å². The van der Waals surface area contributed by atoms with Gasteiger partial charge in [0.05, 0.1) is 0 Å². The number of carboxylic acid groups (broad SMARTS) is 2. The van der Waals surface area contributed by atoms with Crippen LogP contribution in [0.3, 0.4) is 0 Å². The standard InChI is InChI=1S/C7H12.C4H4O4/c1-7-5-3-2-4-6-7;5-3(6)1-2-4(7)8/h5H,2-4,6H2,1H3;1-2H,(H,5,6)(H,7,8)/b;2-1-. The van der Waals surface area contributed by atoms with Gasteiger partial charge in [0.1, 0.15) is 0 Å². The van der Waals surface area contributed by atoms with Crippen molar-refractivity contribution in [3.8, 4) is 0 Å². The third kappa shape index (κ3) is 10.3. The molecule has 0 radical (unpaired) electrons. The summed E-state index contributed by atoms with van der Waals surface area (Å²) >= 11 is 0. The van der Waals surface area contributed by atoms with Crippen LogP contribution in [0.15, 0.2) is 23.8 Å². The lowest BCUT2D eigenvalue weighted by atomic mass is 10.0. The van der Waals surface area contributed by atoms with E-state index >= 15 is 0 Å². The van der Waals surface area contributed by atoms with Gasteiger partial charge in [-0.1, -0.05) is 11.6 Å². The molecule has 1 rings (SSSR count). The lowest BCUT2D eigenvalue weighted by Gasteiger charge is -2.05. The number of carbonyl (C=O) groups is 2. The average molecular weight is 212 g/mol. The quantitative estimate of drug-likeness (QED) is 0.543. The van der Waals surface area contributed by atoms with Crippen LogP contribution in [0.4, 0.5) is 0 Å². The van der Waals surface area contributed by atoms with Crippen molar-refractivity contribution in [2.24, 2.45) is 0 Å². The molecular formula is C11H16O4. The van der Waals surface area contributed by atoms with E-state index in [0.717, 1.165) is 0 Å². The summed E-state index contributed by atoms with van der Waals surface area (Å²) in [4.78, 5) is 19.1. The third-order valence-electron chi connectivity index (χ3n) is 1.89. The van der Waals surface area contributed by atoms with Crippen LogP contribution in [0, 0.1) is 0 Å². The van der Waals surface area contributed by atoms with E-state index in [9.17, 15) is 9.59 Å². The second kappa shape index (κ2) is 7.79. The van der Waals surface area contributed by atoms with Gasteiger partial charge in [-0.2, -0.15) is 0 Å². The normalized spacial score (nSPS) is 15.1. The molecule has 0 aliphatic heterocycles. The van der Waals surface area contributed by atoms with Crippen LogP contribution in [-0.4, -0.2) is 22.2 Å². The van der Waals surface area contributed by atoms with Crippen molar-refractivity contribution < 1.29 is 19.8 Å². The highest BCUT2D eigenvalue weighted by Crippen LogP contribution is 2.15. The van der Waals surface area contributed by atoms with E-state index in [1.165, 1.54) is 25.7 Å². The molecule has 0 fully saturated rings. The molecule has 0 aromatic carbocycles. The van der Waals surface area contributed by atoms with Gasteiger partial charge in [-0.05, 0) is 32.6 Å². The Kier molecular flexibility index (Phi) is 6.97. The van der Waals surface area contributed by atoms with Crippen molar-refractivity contribution in [2.75, 3.05) is 0 Å². The van der Waals surface area contributed by atoms with Crippen LogP contribution < -0.4 is 0 Å². The highest BCUT2D eigenvalue weighted by Gasteiger charge is 1.95. The Morgan fingerprint density at radius 1 is 1.20 bits per heavy atom. The summed E-state index contributed by atoms with van der Waals surface area (Å²) in [6.07, 6.45) is 8.97. The first kappa shape index (κ1) is 13.4. The Labute approximate surface area is 88.9 Å². The summed E-state index contributed by atoms with van der Waals surface area (Å²) < 4.78 is 0. The molecule has 0 atom stereocenters. The molecule has 4 nitrogen and oxygen atoms in total. The largest absolute Gasteiger partial charge is 0.478 e. The molecule has 0 aromatic rings. The van der Waals surface area contributed by atoms with Crippen LogP contribution in [-0.2, 0) is 9.59 Å². The molecule has 1 aliphatic rings. The molecule has 0 heterocycles. The fourth-order valence-electron chi connectivity index (χ4n) is 1.14. The molecule has 0 saturated heterocycles. The second-order valence-electron chi connectivity index (χ2n) is 3.31. The molecule has 0 bridgehead atoms. The van der Waals surface area contributed by atoms with Crippen molar-refractivity contribution in [1.82, 2.24) is 0 Å². The zero-order valence-corrected chi connectivity index (χ0v) is 8.77. The van der Waals surface area contributed by atoms with Gasteiger partial charge in [-0.15, -0.1) is 0 Å². The van der Waals surface area contributed by atoms with E-state index < -0.39 is 11.9 Å². The van der Waals surface area contributed by atoms with Crippen molar-refractivity contribution in [1.29, 1.82) is 0 Å². The SMILES string of the molecule is CC1=CCCCC1.O=C(O)/C=C\C(=O)O. The number of allylic oxidation sites excluding steroid dienone is 2. The zero-order valence-electron chi connectivity index (χ0n) is 8.77. The van der Waals surface area contributed by atoms with Gasteiger partial charge in [0.25, 0.3) is 0 Å². The molecular weight excluding hydrogens is 196 g/mol. The minimum atomic E-state index is -1.26. The summed E-state index contributed by atoms with van der Waals surface area (Å²) in [5.74, 6) is -2.51. The summed E-state index contributed by atoms with van der Waals surface area (Å²) in [5, 5.41) is 15.6. The Hall–Kier alpha value is -1.58. The topological polar surface area (TPSA) is 74.6 Å². The molecule has 0 saturated carbocycles. The minimum Gasteiger partial charge on any atom is -0.478 e. The summed E-state index contributed by atoms with van der Waals surface area (Å²) in [6.45, 7) is 2.22. The molecule has 0 amide bonds.